The monoisotopic (exact) mass is 689 g/mol. The second-order valence-electron chi connectivity index (χ2n) is 13.3. The SMILES string of the molecule is c1ccc(-c2cc(-c3ccc(-c4ccc(-c5nc(-c6ccncc6)nc(-c6ccncc6)n5)cc4)cc3)c3c4ccccc4c4ccccc4c3c2)cc1. The topological polar surface area (TPSA) is 64.5 Å². The van der Waals surface area contributed by atoms with Crippen LogP contribution in [0.1, 0.15) is 0 Å². The molecule has 0 bridgehead atoms. The van der Waals surface area contributed by atoms with Crippen LogP contribution in [0.25, 0.3) is 99.9 Å². The number of pyridine rings is 2. The molecule has 0 fully saturated rings. The lowest BCUT2D eigenvalue weighted by molar-refractivity contribution is 1.07. The zero-order valence-corrected chi connectivity index (χ0v) is 29.1. The minimum atomic E-state index is 0.596. The summed E-state index contributed by atoms with van der Waals surface area (Å²) in [5.74, 6) is 1.80. The highest BCUT2D eigenvalue weighted by molar-refractivity contribution is 6.29. The second kappa shape index (κ2) is 13.3. The van der Waals surface area contributed by atoms with E-state index in [-0.39, 0.29) is 0 Å². The van der Waals surface area contributed by atoms with E-state index >= 15 is 0 Å². The molecule has 0 amide bonds. The molecule has 5 nitrogen and oxygen atoms in total. The van der Waals surface area contributed by atoms with Gasteiger partial charge in [-0.15, -0.1) is 0 Å². The quantitative estimate of drug-likeness (QED) is 0.163. The van der Waals surface area contributed by atoms with Crippen molar-refractivity contribution in [3.63, 3.8) is 0 Å². The summed E-state index contributed by atoms with van der Waals surface area (Å²) in [5.41, 5.74) is 9.72. The number of nitrogens with zero attached hydrogens (tertiary/aromatic N) is 5. The number of aromatic nitrogens is 5. The normalized spacial score (nSPS) is 11.3. The van der Waals surface area contributed by atoms with E-state index in [0.29, 0.717) is 17.5 Å². The second-order valence-corrected chi connectivity index (χ2v) is 13.3. The molecule has 7 aromatic carbocycles. The van der Waals surface area contributed by atoms with E-state index in [2.05, 4.69) is 149 Å². The van der Waals surface area contributed by atoms with Crippen molar-refractivity contribution < 1.29 is 0 Å². The van der Waals surface area contributed by atoms with Crippen LogP contribution in [0.4, 0.5) is 0 Å². The summed E-state index contributed by atoms with van der Waals surface area (Å²) >= 11 is 0. The van der Waals surface area contributed by atoms with E-state index in [1.807, 2.05) is 24.3 Å². The third-order valence-corrected chi connectivity index (χ3v) is 10.1. The molecule has 10 aromatic rings. The molecular formula is C49H31N5. The van der Waals surface area contributed by atoms with Gasteiger partial charge in [0.05, 0.1) is 0 Å². The molecule has 0 saturated carbocycles. The summed E-state index contributed by atoms with van der Waals surface area (Å²) in [6, 6.07) is 58.0. The standard InChI is InChI=1S/C49H31N5/c1-2-8-32(9-3-1)39-30-44(46-43-13-7-6-11-41(43)40-10-4-5-12-42(40)45(46)31-39)35-18-14-33(15-19-35)34-16-20-36(21-17-34)47-52-48(37-22-26-50-27-23-37)54-49(53-47)38-24-28-51-29-25-38/h1-31H. The van der Waals surface area contributed by atoms with Crippen molar-refractivity contribution in [3.8, 4) is 67.5 Å². The van der Waals surface area contributed by atoms with Crippen LogP contribution >= 0.6 is 0 Å². The summed E-state index contributed by atoms with van der Waals surface area (Å²) < 4.78 is 0. The van der Waals surface area contributed by atoms with Crippen molar-refractivity contribution in [3.05, 3.63) is 189 Å². The van der Waals surface area contributed by atoms with E-state index in [1.54, 1.807) is 24.8 Å². The van der Waals surface area contributed by atoms with Gasteiger partial charge in [0.1, 0.15) is 0 Å². The fraction of sp³-hybridized carbons (Fsp3) is 0. The molecular weight excluding hydrogens is 659 g/mol. The molecule has 0 atom stereocenters. The Labute approximate surface area is 312 Å². The van der Waals surface area contributed by atoms with Gasteiger partial charge in [0.15, 0.2) is 17.5 Å². The number of hydrogen-bond acceptors (Lipinski definition) is 5. The van der Waals surface area contributed by atoms with Crippen molar-refractivity contribution in [2.75, 3.05) is 0 Å². The highest BCUT2D eigenvalue weighted by atomic mass is 15.0. The van der Waals surface area contributed by atoms with E-state index in [0.717, 1.165) is 27.8 Å². The van der Waals surface area contributed by atoms with Gasteiger partial charge in [-0.05, 0) is 102 Å². The summed E-state index contributed by atoms with van der Waals surface area (Å²) in [5, 5.41) is 7.60. The van der Waals surface area contributed by atoms with Crippen molar-refractivity contribution in [2.24, 2.45) is 0 Å². The van der Waals surface area contributed by atoms with Crippen LogP contribution in [-0.4, -0.2) is 24.9 Å². The number of benzene rings is 7. The van der Waals surface area contributed by atoms with Crippen molar-refractivity contribution in [1.82, 2.24) is 24.9 Å². The van der Waals surface area contributed by atoms with E-state index in [4.69, 9.17) is 15.0 Å². The van der Waals surface area contributed by atoms with Crippen LogP contribution in [-0.2, 0) is 0 Å². The first-order valence-corrected chi connectivity index (χ1v) is 18.0. The average molecular weight is 690 g/mol. The maximum absolute atomic E-state index is 4.88. The minimum Gasteiger partial charge on any atom is -0.265 e. The molecule has 0 spiro atoms. The third-order valence-electron chi connectivity index (χ3n) is 10.1. The zero-order valence-electron chi connectivity index (χ0n) is 29.1. The largest absolute Gasteiger partial charge is 0.265 e. The van der Waals surface area contributed by atoms with Crippen LogP contribution in [0.2, 0.25) is 0 Å². The van der Waals surface area contributed by atoms with Crippen molar-refractivity contribution >= 4 is 32.3 Å². The Balaban J connectivity index is 1.06. The van der Waals surface area contributed by atoms with E-state index in [9.17, 15) is 0 Å². The molecule has 0 aliphatic carbocycles. The van der Waals surface area contributed by atoms with Crippen LogP contribution < -0.4 is 0 Å². The Morgan fingerprint density at radius 1 is 0.259 bits per heavy atom. The highest BCUT2D eigenvalue weighted by Gasteiger charge is 2.16. The van der Waals surface area contributed by atoms with Gasteiger partial charge in [0.2, 0.25) is 0 Å². The first-order chi connectivity index (χ1) is 26.8. The fourth-order valence-corrected chi connectivity index (χ4v) is 7.48. The lowest BCUT2D eigenvalue weighted by Crippen LogP contribution is -2.00. The molecule has 0 aliphatic rings. The lowest BCUT2D eigenvalue weighted by atomic mass is 9.86. The van der Waals surface area contributed by atoms with E-state index < -0.39 is 0 Å². The number of fused-ring (bicyclic) bond motifs is 6. The molecule has 54 heavy (non-hydrogen) atoms. The van der Waals surface area contributed by atoms with Gasteiger partial charge in [-0.2, -0.15) is 0 Å². The summed E-state index contributed by atoms with van der Waals surface area (Å²) in [6.45, 7) is 0. The van der Waals surface area contributed by atoms with Crippen molar-refractivity contribution in [1.29, 1.82) is 0 Å². The van der Waals surface area contributed by atoms with Crippen molar-refractivity contribution in [2.45, 2.75) is 0 Å². The number of hydrogen-bond donors (Lipinski definition) is 0. The molecule has 252 valence electrons. The Morgan fingerprint density at radius 3 is 1.19 bits per heavy atom. The Bertz CT molecular complexity index is 2890. The molecule has 0 unspecified atom stereocenters. The maximum atomic E-state index is 4.88. The smallest absolute Gasteiger partial charge is 0.164 e. The summed E-state index contributed by atoms with van der Waals surface area (Å²) in [4.78, 5) is 22.9. The van der Waals surface area contributed by atoms with Crippen LogP contribution in [0.5, 0.6) is 0 Å². The Morgan fingerprint density at radius 2 is 0.648 bits per heavy atom. The maximum Gasteiger partial charge on any atom is 0.164 e. The molecule has 3 aromatic heterocycles. The van der Waals surface area contributed by atoms with Crippen LogP contribution in [0.3, 0.4) is 0 Å². The van der Waals surface area contributed by atoms with Gasteiger partial charge in [-0.3, -0.25) is 9.97 Å². The zero-order chi connectivity index (χ0) is 35.8. The molecule has 0 N–H and O–H groups in total. The summed E-state index contributed by atoms with van der Waals surface area (Å²) in [7, 11) is 0. The van der Waals surface area contributed by atoms with Gasteiger partial charge >= 0.3 is 0 Å². The molecule has 0 saturated heterocycles. The first-order valence-electron chi connectivity index (χ1n) is 18.0. The van der Waals surface area contributed by atoms with Gasteiger partial charge in [-0.1, -0.05) is 127 Å². The predicted octanol–water partition coefficient (Wildman–Crippen LogP) is 12.1. The molecule has 5 heteroatoms. The van der Waals surface area contributed by atoms with E-state index in [1.165, 1.54) is 54.6 Å². The Hall–Kier alpha value is -7.37. The first kappa shape index (κ1) is 31.4. The highest BCUT2D eigenvalue weighted by Crippen LogP contribution is 2.43. The molecule has 3 heterocycles. The predicted molar refractivity (Wildman–Crippen MR) is 221 cm³/mol. The minimum absolute atomic E-state index is 0.596. The van der Waals surface area contributed by atoms with Gasteiger partial charge in [-0.25, -0.2) is 15.0 Å². The molecule has 0 radical (unpaired) electrons. The third kappa shape index (κ3) is 5.65. The van der Waals surface area contributed by atoms with Gasteiger partial charge < -0.3 is 0 Å². The fourth-order valence-electron chi connectivity index (χ4n) is 7.48. The Kier molecular flexibility index (Phi) is 7.73. The van der Waals surface area contributed by atoms with Crippen LogP contribution in [0, 0.1) is 0 Å². The average Bonchev–Trinajstić information content (AvgIpc) is 3.27. The molecule has 10 rings (SSSR count). The number of rotatable bonds is 6. The van der Waals surface area contributed by atoms with Crippen LogP contribution in [0.15, 0.2) is 189 Å². The molecule has 0 aliphatic heterocycles. The summed E-state index contributed by atoms with van der Waals surface area (Å²) in [6.07, 6.45) is 6.99. The van der Waals surface area contributed by atoms with Gasteiger partial charge in [0.25, 0.3) is 0 Å². The van der Waals surface area contributed by atoms with Gasteiger partial charge in [0, 0.05) is 41.5 Å². The lowest BCUT2D eigenvalue weighted by Gasteiger charge is -2.17.